The van der Waals surface area contributed by atoms with Gasteiger partial charge in [-0.2, -0.15) is 0 Å². The molecule has 10 heteroatoms. The monoisotopic (exact) mass is 1150 g/mol. The third-order valence-corrected chi connectivity index (χ3v) is 16.0. The number of hydrogen-bond acceptors (Lipinski definition) is 7. The molecule has 3 atom stereocenters. The number of carbonyl (C=O) groups is 2. The van der Waals surface area contributed by atoms with Gasteiger partial charge in [-0.25, -0.2) is 0 Å². The molecule has 0 bridgehead atoms. The lowest BCUT2D eigenvalue weighted by Gasteiger charge is -2.30. The highest BCUT2D eigenvalue weighted by Gasteiger charge is 2.27. The van der Waals surface area contributed by atoms with Crippen LogP contribution in [0.2, 0.25) is 0 Å². The molecule has 0 rings (SSSR count). The molecule has 0 aromatic heterocycles. The second-order valence-electron chi connectivity index (χ2n) is 24.1. The Bertz CT molecular complexity index is 1660. The van der Waals surface area contributed by atoms with Gasteiger partial charge in [0.1, 0.15) is 19.3 Å². The minimum absolute atomic E-state index is 0.0319. The first-order chi connectivity index (χ1) is 39.4. The van der Waals surface area contributed by atoms with Crippen molar-refractivity contribution in [2.75, 3.05) is 40.9 Å². The van der Waals surface area contributed by atoms with Crippen LogP contribution in [0.3, 0.4) is 0 Å². The number of hydrogen-bond donors (Lipinski definition) is 1. The Kier molecular flexibility index (Phi) is 58.2. The molecule has 0 saturated carbocycles. The Morgan fingerprint density at radius 3 is 1.20 bits per heavy atom. The molecule has 81 heavy (non-hydrogen) atoms. The van der Waals surface area contributed by atoms with E-state index in [1.165, 1.54) is 199 Å². The summed E-state index contributed by atoms with van der Waals surface area (Å²) in [5, 5.41) is 3.03. The minimum Gasteiger partial charge on any atom is -0.756 e. The van der Waals surface area contributed by atoms with Gasteiger partial charge in [-0.15, -0.1) is 0 Å². The van der Waals surface area contributed by atoms with Crippen molar-refractivity contribution < 1.29 is 37.3 Å². The van der Waals surface area contributed by atoms with Crippen LogP contribution in [-0.2, 0) is 27.9 Å². The topological polar surface area (TPSA) is 114 Å². The standard InChI is InChI=1S/C71H129N2O7P/c1-7-10-13-16-19-22-25-28-30-32-33-34-35-36-37-38-39-41-42-45-48-51-54-57-60-63-70(74)72-68(67-79-81(76,77)78-66-65-73(4,5)6)69(62-59-56-53-50-47-44-27-24-21-18-15-12-9-3)80-71(75)64-61-58-55-52-49-46-43-40-31-29-26-23-20-17-14-11-8-2/h11,14,17,20,23,26,29,31,40,43,46,49,59,62,68-69H,7-10,12-13,15-16,18-19,21-22,24-25,27-28,30,32-39,41-42,44-45,47-48,50-58,60-61,63-67H2,1-6H3,(H-,72,74,76,77)/b14-11-,20-17+,26-23+,31-29-,43-40+,49-46+,62-59-. The van der Waals surface area contributed by atoms with Gasteiger partial charge in [0.25, 0.3) is 7.82 Å². The van der Waals surface area contributed by atoms with Crippen LogP contribution >= 0.6 is 7.82 Å². The molecule has 0 saturated heterocycles. The Labute approximate surface area is 501 Å². The molecule has 0 radical (unpaired) electrons. The zero-order valence-corrected chi connectivity index (χ0v) is 54.6. The number of allylic oxidation sites excluding steroid dienone is 13. The molecule has 0 heterocycles. The first-order valence-electron chi connectivity index (χ1n) is 34.0. The molecule has 9 nitrogen and oxygen atoms in total. The van der Waals surface area contributed by atoms with E-state index >= 15 is 0 Å². The van der Waals surface area contributed by atoms with Crippen LogP contribution in [-0.4, -0.2) is 69.4 Å². The van der Waals surface area contributed by atoms with Crippen molar-refractivity contribution in [2.24, 2.45) is 0 Å². The lowest BCUT2D eigenvalue weighted by Crippen LogP contribution is -2.47. The number of amides is 1. The highest BCUT2D eigenvalue weighted by Crippen LogP contribution is 2.38. The summed E-state index contributed by atoms with van der Waals surface area (Å²) in [4.78, 5) is 40.1. The van der Waals surface area contributed by atoms with E-state index in [0.29, 0.717) is 23.9 Å². The number of quaternary nitrogens is 1. The second-order valence-corrected chi connectivity index (χ2v) is 25.5. The Balaban J connectivity index is 5.16. The molecular weight excluding hydrogens is 1020 g/mol. The number of nitrogens with zero attached hydrogens (tertiary/aromatic N) is 1. The zero-order chi connectivity index (χ0) is 59.3. The third-order valence-electron chi connectivity index (χ3n) is 15.0. The Morgan fingerprint density at radius 1 is 0.444 bits per heavy atom. The number of rotatable bonds is 61. The van der Waals surface area contributed by atoms with Crippen LogP contribution in [0.5, 0.6) is 0 Å². The summed E-state index contributed by atoms with van der Waals surface area (Å²) in [5.74, 6) is -0.584. The van der Waals surface area contributed by atoms with Crippen LogP contribution in [0.4, 0.5) is 0 Å². The zero-order valence-electron chi connectivity index (χ0n) is 53.7. The van der Waals surface area contributed by atoms with Crippen molar-refractivity contribution in [1.29, 1.82) is 0 Å². The minimum atomic E-state index is -4.72. The van der Waals surface area contributed by atoms with E-state index in [9.17, 15) is 19.0 Å². The average Bonchev–Trinajstić information content (AvgIpc) is 3.44. The van der Waals surface area contributed by atoms with Gasteiger partial charge < -0.3 is 28.5 Å². The lowest BCUT2D eigenvalue weighted by atomic mass is 10.0. The molecule has 0 aliphatic carbocycles. The van der Waals surface area contributed by atoms with Crippen molar-refractivity contribution in [1.82, 2.24) is 5.32 Å². The van der Waals surface area contributed by atoms with Crippen molar-refractivity contribution in [3.05, 3.63) is 85.1 Å². The quantitative estimate of drug-likeness (QED) is 0.0161. The molecule has 3 unspecified atom stereocenters. The number of esters is 1. The van der Waals surface area contributed by atoms with Gasteiger partial charge >= 0.3 is 5.97 Å². The van der Waals surface area contributed by atoms with Crippen LogP contribution in [0.1, 0.15) is 303 Å². The van der Waals surface area contributed by atoms with Gasteiger partial charge in [0, 0.05) is 12.8 Å². The van der Waals surface area contributed by atoms with E-state index in [1.54, 1.807) is 0 Å². The first-order valence-corrected chi connectivity index (χ1v) is 35.4. The maximum absolute atomic E-state index is 13.6. The van der Waals surface area contributed by atoms with Gasteiger partial charge in [-0.1, -0.05) is 324 Å². The number of likely N-dealkylation sites (N-methyl/N-ethyl adjacent to an activating group) is 1. The number of unbranched alkanes of at least 4 members (excludes halogenated alkanes) is 38. The molecule has 0 aromatic rings. The number of carbonyl (C=O) groups excluding carboxylic acids is 2. The Morgan fingerprint density at radius 2 is 0.790 bits per heavy atom. The van der Waals surface area contributed by atoms with Crippen molar-refractivity contribution >= 4 is 19.7 Å². The molecule has 0 fully saturated rings. The maximum Gasteiger partial charge on any atom is 0.306 e. The van der Waals surface area contributed by atoms with Gasteiger partial charge in [0.15, 0.2) is 0 Å². The molecule has 0 aliphatic rings. The van der Waals surface area contributed by atoms with Crippen LogP contribution in [0, 0.1) is 0 Å². The van der Waals surface area contributed by atoms with E-state index in [0.717, 1.165) is 64.2 Å². The fraction of sp³-hybridized carbons (Fsp3) is 0.775. The van der Waals surface area contributed by atoms with Gasteiger partial charge in [-0.3, -0.25) is 14.2 Å². The van der Waals surface area contributed by atoms with E-state index in [1.807, 2.05) is 94.1 Å². The normalized spacial score (nSPS) is 14.1. The van der Waals surface area contributed by atoms with E-state index in [2.05, 4.69) is 38.2 Å². The Hall–Kier alpha value is -2.81. The van der Waals surface area contributed by atoms with Crippen LogP contribution in [0.15, 0.2) is 85.1 Å². The van der Waals surface area contributed by atoms with Crippen molar-refractivity contribution in [3.8, 4) is 0 Å². The molecule has 0 spiro atoms. The highest BCUT2D eigenvalue weighted by molar-refractivity contribution is 7.45. The molecule has 0 aliphatic heterocycles. The molecule has 1 N–H and O–H groups in total. The SMILES string of the molecule is CC\C=C/C=C/C=C/C=C\C=C\C=C\CCCCCC(=O)OC(/C=C\CCCCCCCCCCCCC)C(COP(=O)([O-])OCC[N+](C)(C)C)NC(=O)CCCCCCCCCCCCCCCCCCCCCCCCCCC. The van der Waals surface area contributed by atoms with Crippen LogP contribution < -0.4 is 10.2 Å². The molecule has 1 amide bonds. The number of phosphoric ester groups is 1. The third kappa shape index (κ3) is 61.6. The molecular formula is C71H129N2O7P. The fourth-order valence-electron chi connectivity index (χ4n) is 9.79. The summed E-state index contributed by atoms with van der Waals surface area (Å²) in [6, 6.07) is -0.910. The van der Waals surface area contributed by atoms with Gasteiger partial charge in [0.05, 0.1) is 33.8 Å². The van der Waals surface area contributed by atoms with E-state index < -0.39 is 26.6 Å². The predicted octanol–water partition coefficient (Wildman–Crippen LogP) is 20.7. The maximum atomic E-state index is 13.6. The fourth-order valence-corrected chi connectivity index (χ4v) is 10.5. The van der Waals surface area contributed by atoms with Crippen molar-refractivity contribution in [3.63, 3.8) is 0 Å². The second kappa shape index (κ2) is 60.3. The summed E-state index contributed by atoms with van der Waals surface area (Å²) >= 11 is 0. The summed E-state index contributed by atoms with van der Waals surface area (Å²) in [6.45, 7) is 6.70. The number of phosphoric acid groups is 1. The largest absolute Gasteiger partial charge is 0.756 e. The number of ether oxygens (including phenoxy) is 1. The highest BCUT2D eigenvalue weighted by atomic mass is 31.2. The van der Waals surface area contributed by atoms with Gasteiger partial charge in [-0.05, 0) is 51.0 Å². The summed E-state index contributed by atoms with van der Waals surface area (Å²) in [7, 11) is 1.16. The lowest BCUT2D eigenvalue weighted by molar-refractivity contribution is -0.870. The summed E-state index contributed by atoms with van der Waals surface area (Å²) in [5.41, 5.74) is 0. The predicted molar refractivity (Wildman–Crippen MR) is 348 cm³/mol. The van der Waals surface area contributed by atoms with Crippen molar-refractivity contribution in [2.45, 2.75) is 315 Å². The molecule has 0 aromatic carbocycles. The van der Waals surface area contributed by atoms with Gasteiger partial charge in [0.2, 0.25) is 5.91 Å². The van der Waals surface area contributed by atoms with E-state index in [-0.39, 0.29) is 24.9 Å². The smallest absolute Gasteiger partial charge is 0.306 e. The first kappa shape index (κ1) is 78.2. The average molecular weight is 1150 g/mol. The summed E-state index contributed by atoms with van der Waals surface area (Å²) in [6.07, 6.45) is 80.0. The number of nitrogens with one attached hydrogen (secondary N) is 1. The van der Waals surface area contributed by atoms with E-state index in [4.69, 9.17) is 13.8 Å². The van der Waals surface area contributed by atoms with Crippen LogP contribution in [0.25, 0.3) is 0 Å². The summed E-state index contributed by atoms with van der Waals surface area (Å²) < 4.78 is 30.4. The molecule has 470 valence electrons.